The van der Waals surface area contributed by atoms with Gasteiger partial charge in [0.05, 0.1) is 0 Å². The van der Waals surface area contributed by atoms with E-state index in [0.29, 0.717) is 0 Å². The van der Waals surface area contributed by atoms with E-state index in [1.807, 2.05) is 0 Å². The second kappa shape index (κ2) is 9.38. The largest absolute Gasteiger partial charge is 3.00 e. The van der Waals surface area contributed by atoms with Gasteiger partial charge in [-0.3, -0.25) is 0 Å². The third-order valence-electron chi connectivity index (χ3n) is 0. The Bertz CT molecular complexity index is 12.3. The van der Waals surface area contributed by atoms with Crippen molar-refractivity contribution in [2.45, 2.75) is 0 Å². The number of hydrogen-bond acceptors (Lipinski definition) is 3. The molecule has 0 aromatic heterocycles. The monoisotopic (exact) mass is 166 g/mol. The molecule has 0 heterocycles. The molecule has 0 aliphatic heterocycles. The molecular weight excluding hydrogens is 164 g/mol. The molecule has 0 rings (SSSR count). The Morgan fingerprint density at radius 2 is 1.33 bits per heavy atom. The molecule has 0 aliphatic rings. The van der Waals surface area contributed by atoms with E-state index in [9.17, 15) is 0 Å². The third-order valence-corrected chi connectivity index (χ3v) is 0. The number of rotatable bonds is 0. The van der Waals surface area contributed by atoms with Crippen molar-refractivity contribution in [3.8, 4) is 0 Å². The van der Waals surface area contributed by atoms with Crippen molar-refractivity contribution in [2.75, 3.05) is 0 Å². The molecule has 0 atom stereocenters. The number of hydrogen-bond donors (Lipinski definition) is 2. The molecule has 0 aromatic rings. The van der Waals surface area contributed by atoms with Crippen LogP contribution in [0.15, 0.2) is 0 Å². The van der Waals surface area contributed by atoms with Crippen LogP contribution in [0.4, 0.5) is 0 Å². The van der Waals surface area contributed by atoms with E-state index in [0.717, 1.165) is 0 Å². The minimum Gasteiger partial charge on any atom is -2.00 e. The van der Waals surface area contributed by atoms with Gasteiger partial charge in [0, 0.05) is 0 Å². The van der Waals surface area contributed by atoms with Crippen LogP contribution in [0.2, 0.25) is 0 Å². The molecule has 32 valence electrons. The van der Waals surface area contributed by atoms with Crippen LogP contribution in [0.3, 0.4) is 0 Å². The van der Waals surface area contributed by atoms with Gasteiger partial charge in [0.1, 0.15) is 0 Å². The van der Waals surface area contributed by atoms with Crippen LogP contribution < -0.4 is 5.02 Å². The van der Waals surface area contributed by atoms with Gasteiger partial charge in [-0.05, 0) is 0 Å². The van der Waals surface area contributed by atoms with Gasteiger partial charge in [-0.25, -0.2) is 0 Å². The molecule has 0 saturated heterocycles. The minimum atomic E-state index is -2.42. The van der Waals surface area contributed by atoms with Crippen LogP contribution in [-0.2, 0) is 38.2 Å². The summed E-state index contributed by atoms with van der Waals surface area (Å²) in [5.41, 5.74) is 0. The first-order valence-electron chi connectivity index (χ1n) is 0.752. The molecule has 6 heteroatoms. The Labute approximate surface area is 60.5 Å². The summed E-state index contributed by atoms with van der Waals surface area (Å²) in [4.78, 5) is 0. The Hall–Kier alpha value is 1.01. The second-order valence-corrected chi connectivity index (χ2v) is 0.326. The molecule has 4 nitrogen and oxygen atoms in total. The van der Waals surface area contributed by atoms with Crippen molar-refractivity contribution in [3.63, 3.8) is 0 Å². The maximum Gasteiger partial charge on any atom is 3.00 e. The zero-order chi connectivity index (χ0) is 3.58. The van der Waals surface area contributed by atoms with Crippen LogP contribution in [-0.4, -0.2) is 17.4 Å². The van der Waals surface area contributed by atoms with E-state index >= 15 is 0 Å². The van der Waals surface area contributed by atoms with Gasteiger partial charge in [0.25, 0.3) is 0 Å². The fourth-order valence-corrected chi connectivity index (χ4v) is 0. The van der Waals surface area contributed by atoms with Crippen LogP contribution in [0.5, 0.6) is 0 Å². The summed E-state index contributed by atoms with van der Waals surface area (Å²) in [6.45, 7) is 0. The fourth-order valence-electron chi connectivity index (χ4n) is 0. The van der Waals surface area contributed by atoms with E-state index in [-0.39, 0.29) is 38.2 Å². The maximum absolute atomic E-state index is 8.64. The second-order valence-electron chi connectivity index (χ2n) is 0.326. The van der Waals surface area contributed by atoms with E-state index in [2.05, 4.69) is 0 Å². The Morgan fingerprint density at radius 3 is 1.33 bits per heavy atom. The fraction of sp³-hybridized carbons (Fsp3) is 0. The van der Waals surface area contributed by atoms with Crippen molar-refractivity contribution < 1.29 is 53.3 Å². The van der Waals surface area contributed by atoms with E-state index < -0.39 is 7.32 Å². The summed E-state index contributed by atoms with van der Waals surface area (Å²) in [6.07, 6.45) is 0. The molecular formula is H2BO4Y. The van der Waals surface area contributed by atoms with Crippen molar-refractivity contribution in [2.24, 2.45) is 0 Å². The first kappa shape index (κ1) is 15.7. The predicted octanol–water partition coefficient (Wildman–Crippen LogP) is -2.81. The first-order chi connectivity index (χ1) is 1.73. The Kier molecular flexibility index (Phi) is 24.6. The van der Waals surface area contributed by atoms with Gasteiger partial charge in [0.2, 0.25) is 0 Å². The molecule has 6 heavy (non-hydrogen) atoms. The molecule has 0 aliphatic carbocycles. The zero-order valence-corrected chi connectivity index (χ0v) is 5.70. The van der Waals surface area contributed by atoms with Crippen LogP contribution in [0.1, 0.15) is 0 Å². The molecule has 0 radical (unpaired) electrons. The summed E-state index contributed by atoms with van der Waals surface area (Å²) in [5, 5.41) is 22.8. The molecule has 0 amide bonds. The van der Waals surface area contributed by atoms with Gasteiger partial charge >= 0.3 is 40.0 Å². The third kappa shape index (κ3) is 79.1. The van der Waals surface area contributed by atoms with E-state index in [4.69, 9.17) is 15.1 Å². The molecule has 0 unspecified atom stereocenters. The van der Waals surface area contributed by atoms with Crippen LogP contribution in [0.25, 0.3) is 0 Å². The summed E-state index contributed by atoms with van der Waals surface area (Å²) >= 11 is 0. The standard InChI is InChI=1S/BH2O3.O.Y/c2-1(3)4;;/h2-3H;;/q-1;-2;+3. The molecule has 0 spiro atoms. The quantitative estimate of drug-likeness (QED) is 0.380. The molecule has 0 saturated carbocycles. The van der Waals surface area contributed by atoms with Gasteiger partial charge < -0.3 is 20.5 Å². The van der Waals surface area contributed by atoms with Crippen molar-refractivity contribution in [1.82, 2.24) is 0 Å². The Morgan fingerprint density at radius 1 is 1.33 bits per heavy atom. The average molecular weight is 166 g/mol. The van der Waals surface area contributed by atoms with Gasteiger partial charge in [-0.15, -0.1) is 0 Å². The zero-order valence-electron chi connectivity index (χ0n) is 2.87. The van der Waals surface area contributed by atoms with Crippen molar-refractivity contribution in [1.29, 1.82) is 0 Å². The summed E-state index contributed by atoms with van der Waals surface area (Å²) < 4.78 is 0. The maximum atomic E-state index is 8.64. The summed E-state index contributed by atoms with van der Waals surface area (Å²) in [5.74, 6) is 0. The molecule has 2 N–H and O–H groups in total. The van der Waals surface area contributed by atoms with Gasteiger partial charge in [-0.1, -0.05) is 0 Å². The van der Waals surface area contributed by atoms with E-state index in [1.54, 1.807) is 0 Å². The van der Waals surface area contributed by atoms with E-state index in [1.165, 1.54) is 0 Å². The molecule has 0 aromatic carbocycles. The smallest absolute Gasteiger partial charge is 2.00 e. The predicted molar refractivity (Wildman–Crippen MR) is 10.9 cm³/mol. The van der Waals surface area contributed by atoms with Crippen LogP contribution in [0, 0.1) is 0 Å². The normalized spacial score (nSPS) is 4.50. The SMILES string of the molecule is [O-2].[O-]B(O)O.[Y+3]. The topological polar surface area (TPSA) is 92.0 Å². The average Bonchev–Trinajstić information content (AvgIpc) is 0.811. The Balaban J connectivity index is -0.0000000450. The van der Waals surface area contributed by atoms with Gasteiger partial charge in [0.15, 0.2) is 0 Å². The molecule has 0 bridgehead atoms. The molecule has 0 fully saturated rings. The van der Waals surface area contributed by atoms with Gasteiger partial charge in [-0.2, -0.15) is 0 Å². The van der Waals surface area contributed by atoms with Crippen molar-refractivity contribution in [3.05, 3.63) is 0 Å². The first-order valence-corrected chi connectivity index (χ1v) is 0.752. The van der Waals surface area contributed by atoms with Crippen molar-refractivity contribution >= 4 is 7.32 Å². The minimum absolute atomic E-state index is 0. The van der Waals surface area contributed by atoms with Crippen LogP contribution >= 0.6 is 0 Å². The summed E-state index contributed by atoms with van der Waals surface area (Å²) in [6, 6.07) is 0. The summed E-state index contributed by atoms with van der Waals surface area (Å²) in [7, 11) is -2.42.